The first-order chi connectivity index (χ1) is 19.4. The van der Waals surface area contributed by atoms with Gasteiger partial charge in [-0.1, -0.05) is 55.8 Å². The smallest absolute Gasteiger partial charge is 0.270 e. The summed E-state index contributed by atoms with van der Waals surface area (Å²) in [6.07, 6.45) is 8.62. The van der Waals surface area contributed by atoms with Crippen LogP contribution in [0.3, 0.4) is 0 Å². The lowest BCUT2D eigenvalue weighted by Crippen LogP contribution is -2.31. The molecule has 40 heavy (non-hydrogen) atoms. The average molecular weight is 549 g/mol. The molecule has 0 N–H and O–H groups in total. The number of allylic oxidation sites excluding steroid dienone is 2. The zero-order valence-corrected chi connectivity index (χ0v) is 24.3. The first kappa shape index (κ1) is 29.7. The van der Waals surface area contributed by atoms with Crippen LogP contribution in [0.25, 0.3) is 10.9 Å². The van der Waals surface area contributed by atoms with Crippen molar-refractivity contribution in [2.75, 3.05) is 32.8 Å². The highest BCUT2D eigenvalue weighted by Gasteiger charge is 2.20. The standard InChI is InChI=1S/C32H44N4O4/c1-4-17-34(18-16-26(3)28-12-10-25(2)11-13-28)19-21-39-22-20-35-31-15-14-29(36(37)38)23-30(31)32(33-35)40-24-27-8-6-5-7-9-27/h5-10,14-15,23,26,28H,4,11-13,16-22,24H2,1-3H3. The second-order valence-electron chi connectivity index (χ2n) is 11.1. The fourth-order valence-corrected chi connectivity index (χ4v) is 5.48. The van der Waals surface area contributed by atoms with Crippen molar-refractivity contribution in [3.05, 3.63) is 75.9 Å². The molecule has 0 saturated heterocycles. The maximum Gasteiger partial charge on any atom is 0.270 e. The van der Waals surface area contributed by atoms with Crippen LogP contribution >= 0.6 is 0 Å². The van der Waals surface area contributed by atoms with Gasteiger partial charge in [-0.2, -0.15) is 0 Å². The molecule has 1 aliphatic carbocycles. The van der Waals surface area contributed by atoms with Crippen molar-refractivity contribution in [1.82, 2.24) is 14.7 Å². The predicted molar refractivity (Wildman–Crippen MR) is 160 cm³/mol. The molecule has 1 aliphatic rings. The fraction of sp³-hybridized carbons (Fsp3) is 0.531. The lowest BCUT2D eigenvalue weighted by Gasteiger charge is -2.29. The quantitative estimate of drug-likeness (QED) is 0.0828. The van der Waals surface area contributed by atoms with Crippen LogP contribution in [-0.4, -0.2) is 52.5 Å². The highest BCUT2D eigenvalue weighted by atomic mass is 16.6. The van der Waals surface area contributed by atoms with Crippen molar-refractivity contribution < 1.29 is 14.4 Å². The molecule has 2 unspecified atom stereocenters. The van der Waals surface area contributed by atoms with Gasteiger partial charge in [0.05, 0.1) is 35.6 Å². The molecule has 0 spiro atoms. The summed E-state index contributed by atoms with van der Waals surface area (Å²) >= 11 is 0. The maximum atomic E-state index is 11.4. The summed E-state index contributed by atoms with van der Waals surface area (Å²) in [4.78, 5) is 13.5. The van der Waals surface area contributed by atoms with Gasteiger partial charge in [0.1, 0.15) is 6.61 Å². The Morgan fingerprint density at radius 2 is 1.98 bits per heavy atom. The normalized spacial score (nSPS) is 16.3. The van der Waals surface area contributed by atoms with Crippen LogP contribution < -0.4 is 4.74 Å². The van der Waals surface area contributed by atoms with Crippen LogP contribution in [0.5, 0.6) is 5.88 Å². The monoisotopic (exact) mass is 548 g/mol. The number of non-ortho nitro benzene ring substituents is 1. The lowest BCUT2D eigenvalue weighted by molar-refractivity contribution is -0.384. The molecule has 3 aromatic rings. The Labute approximate surface area is 238 Å². The molecule has 0 radical (unpaired) electrons. The van der Waals surface area contributed by atoms with Crippen molar-refractivity contribution in [2.24, 2.45) is 11.8 Å². The number of fused-ring (bicyclic) bond motifs is 1. The molecule has 1 heterocycles. The average Bonchev–Trinajstić information content (AvgIpc) is 3.32. The molecular weight excluding hydrogens is 504 g/mol. The van der Waals surface area contributed by atoms with E-state index in [2.05, 4.69) is 36.8 Å². The number of nitro benzene ring substituents is 1. The molecule has 0 aliphatic heterocycles. The van der Waals surface area contributed by atoms with Crippen LogP contribution in [0.1, 0.15) is 58.4 Å². The van der Waals surface area contributed by atoms with Crippen molar-refractivity contribution in [3.8, 4) is 5.88 Å². The molecule has 216 valence electrons. The second kappa shape index (κ2) is 15.0. The number of rotatable bonds is 16. The van der Waals surface area contributed by atoms with Crippen molar-refractivity contribution >= 4 is 16.6 Å². The lowest BCUT2D eigenvalue weighted by atomic mass is 9.80. The first-order valence-corrected chi connectivity index (χ1v) is 14.7. The summed E-state index contributed by atoms with van der Waals surface area (Å²) in [7, 11) is 0. The molecule has 2 aromatic carbocycles. The third-order valence-electron chi connectivity index (χ3n) is 8.05. The van der Waals surface area contributed by atoms with E-state index in [9.17, 15) is 10.1 Å². The number of ether oxygens (including phenoxy) is 2. The Kier molecular flexibility index (Phi) is 11.1. The van der Waals surface area contributed by atoms with Crippen LogP contribution in [0, 0.1) is 22.0 Å². The SMILES string of the molecule is CCCN(CCOCCn1nc(OCc2ccccc2)c2cc([N+](=O)[O-])ccc21)CCC(C)C1CC=C(C)CC1. The molecule has 4 rings (SSSR count). The van der Waals surface area contributed by atoms with E-state index in [1.807, 2.05) is 35.0 Å². The van der Waals surface area contributed by atoms with Crippen molar-refractivity contribution in [3.63, 3.8) is 0 Å². The number of nitrogens with zero attached hydrogens (tertiary/aromatic N) is 4. The Balaban J connectivity index is 1.28. The number of nitro groups is 1. The highest BCUT2D eigenvalue weighted by Crippen LogP contribution is 2.31. The maximum absolute atomic E-state index is 11.4. The molecule has 2 atom stereocenters. The van der Waals surface area contributed by atoms with Gasteiger partial charge in [0.2, 0.25) is 5.88 Å². The zero-order valence-electron chi connectivity index (χ0n) is 24.3. The molecule has 0 fully saturated rings. The zero-order chi connectivity index (χ0) is 28.3. The molecule has 0 saturated carbocycles. The van der Waals surface area contributed by atoms with E-state index < -0.39 is 4.92 Å². The molecular formula is C32H44N4O4. The van der Waals surface area contributed by atoms with Crippen molar-refractivity contribution in [2.45, 2.75) is 66.0 Å². The number of hydrogen-bond acceptors (Lipinski definition) is 6. The van der Waals surface area contributed by atoms with E-state index in [1.165, 1.54) is 37.8 Å². The number of hydrogen-bond donors (Lipinski definition) is 0. The van der Waals surface area contributed by atoms with Gasteiger partial charge in [0, 0.05) is 18.7 Å². The summed E-state index contributed by atoms with van der Waals surface area (Å²) in [5.41, 5.74) is 3.38. The van der Waals surface area contributed by atoms with Gasteiger partial charge >= 0.3 is 0 Å². The topological polar surface area (TPSA) is 82.7 Å². The Bertz CT molecular complexity index is 1260. The summed E-state index contributed by atoms with van der Waals surface area (Å²) in [5.74, 6) is 1.96. The van der Waals surface area contributed by atoms with Crippen LogP contribution in [-0.2, 0) is 17.9 Å². The highest BCUT2D eigenvalue weighted by molar-refractivity contribution is 5.86. The minimum absolute atomic E-state index is 0.0215. The summed E-state index contributed by atoms with van der Waals surface area (Å²) in [6, 6.07) is 14.6. The van der Waals surface area contributed by atoms with E-state index in [4.69, 9.17) is 9.47 Å². The van der Waals surface area contributed by atoms with Crippen LogP contribution in [0.2, 0.25) is 0 Å². The number of aromatic nitrogens is 2. The number of benzene rings is 2. The van der Waals surface area contributed by atoms with Crippen LogP contribution in [0.15, 0.2) is 60.2 Å². The summed E-state index contributed by atoms with van der Waals surface area (Å²) in [5, 5.41) is 16.7. The van der Waals surface area contributed by atoms with Gasteiger partial charge in [-0.15, -0.1) is 5.10 Å². The largest absolute Gasteiger partial charge is 0.471 e. The Hall–Kier alpha value is -3.23. The van der Waals surface area contributed by atoms with E-state index in [1.54, 1.807) is 11.6 Å². The van der Waals surface area contributed by atoms with E-state index in [0.29, 0.717) is 37.6 Å². The second-order valence-corrected chi connectivity index (χ2v) is 11.1. The van der Waals surface area contributed by atoms with Crippen molar-refractivity contribution in [1.29, 1.82) is 0 Å². The summed E-state index contributed by atoms with van der Waals surface area (Å²) < 4.78 is 13.9. The summed E-state index contributed by atoms with van der Waals surface area (Å²) in [6.45, 7) is 12.1. The van der Waals surface area contributed by atoms with Gasteiger partial charge in [-0.25, -0.2) is 0 Å². The Morgan fingerprint density at radius 3 is 2.70 bits per heavy atom. The van der Waals surface area contributed by atoms with E-state index in [-0.39, 0.29) is 5.69 Å². The first-order valence-electron chi connectivity index (χ1n) is 14.7. The minimum atomic E-state index is -0.392. The van der Waals surface area contributed by atoms with Gasteiger partial charge in [-0.3, -0.25) is 14.8 Å². The molecule has 1 aromatic heterocycles. The molecule has 0 amide bonds. The third-order valence-corrected chi connectivity index (χ3v) is 8.05. The van der Waals surface area contributed by atoms with Crippen LogP contribution in [0.4, 0.5) is 5.69 Å². The van der Waals surface area contributed by atoms with E-state index >= 15 is 0 Å². The predicted octanol–water partition coefficient (Wildman–Crippen LogP) is 7.02. The molecule has 0 bridgehead atoms. The van der Waals surface area contributed by atoms with Gasteiger partial charge in [0.15, 0.2) is 0 Å². The van der Waals surface area contributed by atoms with E-state index in [0.717, 1.165) is 49.0 Å². The minimum Gasteiger partial charge on any atom is -0.471 e. The van der Waals surface area contributed by atoms with Gasteiger partial charge in [-0.05, 0) is 75.6 Å². The van der Waals surface area contributed by atoms with Gasteiger partial charge in [0.25, 0.3) is 5.69 Å². The fourth-order valence-electron chi connectivity index (χ4n) is 5.48. The Morgan fingerprint density at radius 1 is 1.15 bits per heavy atom. The van der Waals surface area contributed by atoms with Gasteiger partial charge < -0.3 is 14.4 Å². The molecule has 8 heteroatoms. The third kappa shape index (κ3) is 8.38. The molecule has 8 nitrogen and oxygen atoms in total.